The molecule has 1 aliphatic rings. The van der Waals surface area contributed by atoms with E-state index in [-0.39, 0.29) is 18.0 Å². The van der Waals surface area contributed by atoms with Crippen LogP contribution < -0.4 is 16.2 Å². The van der Waals surface area contributed by atoms with E-state index in [4.69, 9.17) is 0 Å². The average Bonchev–Trinajstić information content (AvgIpc) is 3.12. The highest BCUT2D eigenvalue weighted by molar-refractivity contribution is 5.82. The lowest BCUT2D eigenvalue weighted by atomic mass is 10.0. The number of hydrogen-bond donors (Lipinski definition) is 3. The molecule has 2 unspecified atom stereocenters. The average molecular weight is 363 g/mol. The van der Waals surface area contributed by atoms with Crippen LogP contribution in [-0.4, -0.2) is 18.5 Å². The zero-order chi connectivity index (χ0) is 18.6. The van der Waals surface area contributed by atoms with Crippen LogP contribution in [0.25, 0.3) is 0 Å². The quantitative estimate of drug-likeness (QED) is 0.766. The van der Waals surface area contributed by atoms with Gasteiger partial charge in [-0.25, -0.2) is 10.9 Å². The smallest absolute Gasteiger partial charge is 0.354 e. The molecular formula is C19H20F3N3O. The Morgan fingerprint density at radius 1 is 1.04 bits per heavy atom. The van der Waals surface area contributed by atoms with Gasteiger partial charge in [0, 0.05) is 12.6 Å². The molecule has 7 heteroatoms. The van der Waals surface area contributed by atoms with E-state index < -0.39 is 11.7 Å². The second-order valence-electron chi connectivity index (χ2n) is 6.28. The number of rotatable bonds is 5. The Bertz CT molecular complexity index is 732. The van der Waals surface area contributed by atoms with Crippen LogP contribution in [0.2, 0.25) is 0 Å². The number of halogens is 3. The molecule has 3 N–H and O–H groups in total. The first-order valence-corrected chi connectivity index (χ1v) is 8.43. The van der Waals surface area contributed by atoms with E-state index in [0.29, 0.717) is 19.4 Å². The van der Waals surface area contributed by atoms with Crippen molar-refractivity contribution in [2.75, 3.05) is 6.54 Å². The van der Waals surface area contributed by atoms with Gasteiger partial charge in [0.2, 0.25) is 5.91 Å². The van der Waals surface area contributed by atoms with Crippen molar-refractivity contribution in [3.8, 4) is 0 Å². The highest BCUT2D eigenvalue weighted by Gasteiger charge is 2.30. The van der Waals surface area contributed by atoms with Crippen LogP contribution in [0.5, 0.6) is 0 Å². The molecule has 1 amide bonds. The molecule has 0 bridgehead atoms. The first-order chi connectivity index (χ1) is 12.4. The number of carbonyl (C=O) groups is 1. The van der Waals surface area contributed by atoms with Gasteiger partial charge >= 0.3 is 6.18 Å². The molecule has 0 spiro atoms. The molecule has 1 aliphatic heterocycles. The normalized spacial score (nSPS) is 20.1. The topological polar surface area (TPSA) is 53.2 Å². The lowest BCUT2D eigenvalue weighted by molar-refractivity contribution is -0.137. The molecular weight excluding hydrogens is 343 g/mol. The van der Waals surface area contributed by atoms with E-state index >= 15 is 0 Å². The Morgan fingerprint density at radius 3 is 2.38 bits per heavy atom. The molecule has 2 aromatic carbocycles. The molecule has 0 saturated carbocycles. The van der Waals surface area contributed by atoms with Crippen LogP contribution in [0.1, 0.15) is 29.2 Å². The second-order valence-corrected chi connectivity index (χ2v) is 6.28. The molecule has 1 heterocycles. The summed E-state index contributed by atoms with van der Waals surface area (Å²) in [6.07, 6.45) is -3.22. The Balaban J connectivity index is 1.45. The predicted molar refractivity (Wildman–Crippen MR) is 92.0 cm³/mol. The number of amides is 1. The van der Waals surface area contributed by atoms with E-state index in [9.17, 15) is 18.0 Å². The minimum absolute atomic E-state index is 0.0712. The maximum Gasteiger partial charge on any atom is 0.416 e. The van der Waals surface area contributed by atoms with Gasteiger partial charge in [0.25, 0.3) is 0 Å². The monoisotopic (exact) mass is 363 g/mol. The summed E-state index contributed by atoms with van der Waals surface area (Å²) in [6, 6.07) is 14.6. The first kappa shape index (κ1) is 18.4. The number of carbonyl (C=O) groups excluding carboxylic acids is 1. The van der Waals surface area contributed by atoms with Gasteiger partial charge in [-0.2, -0.15) is 13.2 Å². The number of benzene rings is 2. The fraction of sp³-hybridized carbons (Fsp3) is 0.316. The number of nitrogens with one attached hydrogen (secondary N) is 3. The van der Waals surface area contributed by atoms with Crippen molar-refractivity contribution in [2.45, 2.75) is 31.1 Å². The minimum Gasteiger partial charge on any atom is -0.354 e. The standard InChI is InChI=1S/C19H20F3N3O/c20-19(21,22)15-8-6-13(7-9-15)10-11-23-18(26)17-12-16(24-25-17)14-4-2-1-3-5-14/h1-9,16-17,24-25H,10-12H2,(H,23,26). The highest BCUT2D eigenvalue weighted by Crippen LogP contribution is 2.29. The van der Waals surface area contributed by atoms with Crippen molar-refractivity contribution in [3.63, 3.8) is 0 Å². The van der Waals surface area contributed by atoms with Crippen molar-refractivity contribution >= 4 is 5.91 Å². The van der Waals surface area contributed by atoms with Gasteiger partial charge in [0.1, 0.15) is 6.04 Å². The zero-order valence-corrected chi connectivity index (χ0v) is 14.0. The third kappa shape index (κ3) is 4.62. The second kappa shape index (κ2) is 7.88. The number of hydrogen-bond acceptors (Lipinski definition) is 3. The van der Waals surface area contributed by atoms with Crippen LogP contribution >= 0.6 is 0 Å². The Morgan fingerprint density at radius 2 is 1.73 bits per heavy atom. The summed E-state index contributed by atoms with van der Waals surface area (Å²) in [5, 5.41) is 2.83. The highest BCUT2D eigenvalue weighted by atomic mass is 19.4. The largest absolute Gasteiger partial charge is 0.416 e. The van der Waals surface area contributed by atoms with E-state index in [2.05, 4.69) is 16.2 Å². The van der Waals surface area contributed by atoms with Gasteiger partial charge in [0.05, 0.1) is 5.56 Å². The molecule has 2 atom stereocenters. The summed E-state index contributed by atoms with van der Waals surface area (Å²) in [4.78, 5) is 12.2. The predicted octanol–water partition coefficient (Wildman–Crippen LogP) is 2.97. The summed E-state index contributed by atoms with van der Waals surface area (Å²) >= 11 is 0. The molecule has 138 valence electrons. The van der Waals surface area contributed by atoms with Gasteiger partial charge < -0.3 is 5.32 Å². The molecule has 3 rings (SSSR count). The molecule has 0 aliphatic carbocycles. The summed E-state index contributed by atoms with van der Waals surface area (Å²) in [7, 11) is 0. The van der Waals surface area contributed by atoms with Crippen molar-refractivity contribution in [2.24, 2.45) is 0 Å². The van der Waals surface area contributed by atoms with E-state index in [1.807, 2.05) is 30.3 Å². The molecule has 26 heavy (non-hydrogen) atoms. The summed E-state index contributed by atoms with van der Waals surface area (Å²) in [6.45, 7) is 0.373. The fourth-order valence-corrected chi connectivity index (χ4v) is 2.95. The molecule has 4 nitrogen and oxygen atoms in total. The van der Waals surface area contributed by atoms with Gasteiger partial charge in [-0.15, -0.1) is 0 Å². The maximum absolute atomic E-state index is 12.5. The number of hydrazine groups is 1. The van der Waals surface area contributed by atoms with Crippen LogP contribution in [-0.2, 0) is 17.4 Å². The van der Waals surface area contributed by atoms with Crippen molar-refractivity contribution in [1.29, 1.82) is 0 Å². The van der Waals surface area contributed by atoms with E-state index in [1.54, 1.807) is 0 Å². The van der Waals surface area contributed by atoms with Crippen LogP contribution in [0, 0.1) is 0 Å². The van der Waals surface area contributed by atoms with Crippen LogP contribution in [0.15, 0.2) is 54.6 Å². The maximum atomic E-state index is 12.5. The Labute approximate surface area is 149 Å². The van der Waals surface area contributed by atoms with E-state index in [1.165, 1.54) is 12.1 Å². The van der Waals surface area contributed by atoms with Crippen molar-refractivity contribution in [1.82, 2.24) is 16.2 Å². The fourth-order valence-electron chi connectivity index (χ4n) is 2.95. The molecule has 1 fully saturated rings. The minimum atomic E-state index is -4.33. The van der Waals surface area contributed by atoms with Crippen molar-refractivity contribution in [3.05, 3.63) is 71.3 Å². The number of alkyl halides is 3. The van der Waals surface area contributed by atoms with Crippen LogP contribution in [0.4, 0.5) is 13.2 Å². The van der Waals surface area contributed by atoms with E-state index in [0.717, 1.165) is 23.3 Å². The van der Waals surface area contributed by atoms with Gasteiger partial charge in [-0.1, -0.05) is 42.5 Å². The first-order valence-electron chi connectivity index (χ1n) is 8.43. The lowest BCUT2D eigenvalue weighted by Gasteiger charge is -2.11. The molecule has 0 radical (unpaired) electrons. The summed E-state index contributed by atoms with van der Waals surface area (Å²) in [5.41, 5.74) is 7.30. The Kier molecular flexibility index (Phi) is 5.58. The summed E-state index contributed by atoms with van der Waals surface area (Å²) in [5.74, 6) is -0.122. The zero-order valence-electron chi connectivity index (χ0n) is 14.0. The SMILES string of the molecule is O=C(NCCc1ccc(C(F)(F)F)cc1)C1CC(c2ccccc2)NN1. The van der Waals surface area contributed by atoms with Crippen molar-refractivity contribution < 1.29 is 18.0 Å². The third-order valence-corrected chi connectivity index (χ3v) is 4.42. The molecule has 1 saturated heterocycles. The lowest BCUT2D eigenvalue weighted by Crippen LogP contribution is -2.43. The molecule has 0 aromatic heterocycles. The Hall–Kier alpha value is -2.38. The van der Waals surface area contributed by atoms with Gasteiger partial charge in [-0.05, 0) is 36.1 Å². The van der Waals surface area contributed by atoms with Crippen LogP contribution in [0.3, 0.4) is 0 Å². The van der Waals surface area contributed by atoms with Gasteiger partial charge in [-0.3, -0.25) is 4.79 Å². The third-order valence-electron chi connectivity index (χ3n) is 4.42. The molecule has 2 aromatic rings. The van der Waals surface area contributed by atoms with Gasteiger partial charge in [0.15, 0.2) is 0 Å². The summed E-state index contributed by atoms with van der Waals surface area (Å²) < 4.78 is 37.6.